The average Bonchev–Trinajstić information content (AvgIpc) is 2.88. The molecule has 2 heterocycles. The summed E-state index contributed by atoms with van der Waals surface area (Å²) >= 11 is 1.65. The second-order valence-corrected chi connectivity index (χ2v) is 6.07. The van der Waals surface area contributed by atoms with Crippen LogP contribution in [0.5, 0.6) is 0 Å². The standard InChI is InChI=1S/C15H24N2O2S/c1-3-7-13-8-5-6-9-17(13)15-16-12(11-20-15)10-14(18)19-4-2/h11,13H,3-10H2,1-2H3. The molecule has 0 bridgehead atoms. The Hall–Kier alpha value is -1.10. The number of esters is 1. The Balaban J connectivity index is 2.00. The third kappa shape index (κ3) is 3.95. The van der Waals surface area contributed by atoms with E-state index < -0.39 is 0 Å². The molecule has 1 saturated heterocycles. The van der Waals surface area contributed by atoms with Crippen molar-refractivity contribution in [2.24, 2.45) is 0 Å². The minimum absolute atomic E-state index is 0.187. The quantitative estimate of drug-likeness (QED) is 0.755. The van der Waals surface area contributed by atoms with Gasteiger partial charge in [0.1, 0.15) is 0 Å². The molecule has 0 aromatic carbocycles. The van der Waals surface area contributed by atoms with E-state index in [1.54, 1.807) is 11.3 Å². The molecule has 1 aromatic rings. The maximum Gasteiger partial charge on any atom is 0.311 e. The van der Waals surface area contributed by atoms with Crippen LogP contribution in [0.15, 0.2) is 5.38 Å². The molecule has 5 heteroatoms. The summed E-state index contributed by atoms with van der Waals surface area (Å²) in [6.45, 7) is 5.59. The number of rotatable bonds is 6. The fourth-order valence-corrected chi connectivity index (χ4v) is 3.68. The SMILES string of the molecule is CCCC1CCCCN1c1nc(CC(=O)OCC)cs1. The molecule has 1 unspecified atom stereocenters. The predicted octanol–water partition coefficient (Wildman–Crippen LogP) is 3.41. The molecule has 1 aliphatic rings. The maximum atomic E-state index is 11.5. The van der Waals surface area contributed by atoms with E-state index in [2.05, 4.69) is 16.8 Å². The molecule has 0 radical (unpaired) electrons. The van der Waals surface area contributed by atoms with Crippen molar-refractivity contribution in [3.05, 3.63) is 11.1 Å². The number of carbonyl (C=O) groups excluding carboxylic acids is 1. The molecule has 0 N–H and O–H groups in total. The first kappa shape index (κ1) is 15.3. The number of piperidine rings is 1. The molecular formula is C15H24N2O2S. The van der Waals surface area contributed by atoms with Gasteiger partial charge >= 0.3 is 5.97 Å². The van der Waals surface area contributed by atoms with Crippen LogP contribution in [-0.2, 0) is 16.0 Å². The molecule has 0 spiro atoms. The van der Waals surface area contributed by atoms with E-state index in [0.29, 0.717) is 12.6 Å². The van der Waals surface area contributed by atoms with Crippen LogP contribution in [0.4, 0.5) is 5.13 Å². The van der Waals surface area contributed by atoms with Crippen LogP contribution in [0.1, 0.15) is 51.6 Å². The summed E-state index contributed by atoms with van der Waals surface area (Å²) in [6.07, 6.45) is 6.56. The van der Waals surface area contributed by atoms with Gasteiger partial charge in [-0.2, -0.15) is 0 Å². The van der Waals surface area contributed by atoms with Crippen molar-refractivity contribution in [1.29, 1.82) is 0 Å². The Morgan fingerprint density at radius 1 is 1.50 bits per heavy atom. The van der Waals surface area contributed by atoms with E-state index in [1.165, 1.54) is 32.1 Å². The summed E-state index contributed by atoms with van der Waals surface area (Å²) in [5, 5.41) is 3.06. The molecule has 1 fully saturated rings. The molecule has 1 atom stereocenters. The molecule has 0 amide bonds. The number of hydrogen-bond donors (Lipinski definition) is 0. The van der Waals surface area contributed by atoms with Gasteiger partial charge in [0.25, 0.3) is 0 Å². The Kier molecular flexibility index (Phi) is 5.83. The van der Waals surface area contributed by atoms with Crippen LogP contribution in [0.25, 0.3) is 0 Å². The highest BCUT2D eigenvalue weighted by molar-refractivity contribution is 7.13. The molecule has 1 aromatic heterocycles. The smallest absolute Gasteiger partial charge is 0.311 e. The second kappa shape index (κ2) is 7.62. The van der Waals surface area contributed by atoms with Crippen LogP contribution in [0, 0.1) is 0 Å². The molecule has 20 heavy (non-hydrogen) atoms. The maximum absolute atomic E-state index is 11.5. The summed E-state index contributed by atoms with van der Waals surface area (Å²) in [7, 11) is 0. The van der Waals surface area contributed by atoms with Crippen molar-refractivity contribution in [2.75, 3.05) is 18.1 Å². The predicted molar refractivity (Wildman–Crippen MR) is 82.3 cm³/mol. The summed E-state index contributed by atoms with van der Waals surface area (Å²) < 4.78 is 4.97. The topological polar surface area (TPSA) is 42.4 Å². The fraction of sp³-hybridized carbons (Fsp3) is 0.733. The van der Waals surface area contributed by atoms with Crippen LogP contribution in [0.3, 0.4) is 0 Å². The number of ether oxygens (including phenoxy) is 1. The Labute approximate surface area is 125 Å². The van der Waals surface area contributed by atoms with Crippen molar-refractivity contribution >= 4 is 22.4 Å². The zero-order chi connectivity index (χ0) is 14.4. The molecule has 1 aliphatic heterocycles. The van der Waals surface area contributed by atoms with Crippen LogP contribution in [-0.4, -0.2) is 30.1 Å². The summed E-state index contributed by atoms with van der Waals surface area (Å²) in [5.41, 5.74) is 0.837. The molecule has 0 saturated carbocycles. The first-order chi connectivity index (χ1) is 9.74. The van der Waals surface area contributed by atoms with Gasteiger partial charge < -0.3 is 9.64 Å². The Morgan fingerprint density at radius 2 is 2.35 bits per heavy atom. The van der Waals surface area contributed by atoms with Gasteiger partial charge in [-0.1, -0.05) is 13.3 Å². The van der Waals surface area contributed by atoms with E-state index in [0.717, 1.165) is 17.4 Å². The number of hydrogen-bond acceptors (Lipinski definition) is 5. The van der Waals surface area contributed by atoms with Gasteiger partial charge in [0.15, 0.2) is 5.13 Å². The first-order valence-electron chi connectivity index (χ1n) is 7.61. The highest BCUT2D eigenvalue weighted by atomic mass is 32.1. The summed E-state index contributed by atoms with van der Waals surface area (Å²) in [6, 6.07) is 0.621. The molecule has 4 nitrogen and oxygen atoms in total. The van der Waals surface area contributed by atoms with Gasteiger partial charge in [-0.25, -0.2) is 4.98 Å². The van der Waals surface area contributed by atoms with Crippen molar-refractivity contribution in [3.8, 4) is 0 Å². The number of carbonyl (C=O) groups is 1. The monoisotopic (exact) mass is 296 g/mol. The van der Waals surface area contributed by atoms with Crippen LogP contribution >= 0.6 is 11.3 Å². The lowest BCUT2D eigenvalue weighted by molar-refractivity contribution is -0.142. The highest BCUT2D eigenvalue weighted by Gasteiger charge is 2.24. The van der Waals surface area contributed by atoms with Crippen molar-refractivity contribution in [1.82, 2.24) is 4.98 Å². The van der Waals surface area contributed by atoms with Crippen molar-refractivity contribution in [2.45, 2.75) is 58.4 Å². The lowest BCUT2D eigenvalue weighted by Crippen LogP contribution is -2.39. The zero-order valence-corrected chi connectivity index (χ0v) is 13.2. The average molecular weight is 296 g/mol. The minimum Gasteiger partial charge on any atom is -0.466 e. The minimum atomic E-state index is -0.187. The number of thiazole rings is 1. The Morgan fingerprint density at radius 3 is 3.10 bits per heavy atom. The van der Waals surface area contributed by atoms with Gasteiger partial charge in [0.2, 0.25) is 0 Å². The van der Waals surface area contributed by atoms with Gasteiger partial charge in [-0.3, -0.25) is 4.79 Å². The second-order valence-electron chi connectivity index (χ2n) is 5.23. The van der Waals surface area contributed by atoms with Crippen LogP contribution < -0.4 is 4.90 Å². The molecule has 0 aliphatic carbocycles. The van der Waals surface area contributed by atoms with E-state index in [-0.39, 0.29) is 12.4 Å². The normalized spacial score (nSPS) is 19.1. The van der Waals surface area contributed by atoms with Crippen molar-refractivity contribution < 1.29 is 9.53 Å². The number of aromatic nitrogens is 1. The van der Waals surface area contributed by atoms with Crippen molar-refractivity contribution in [3.63, 3.8) is 0 Å². The lowest BCUT2D eigenvalue weighted by Gasteiger charge is -2.35. The van der Waals surface area contributed by atoms with Gasteiger partial charge in [-0.05, 0) is 32.6 Å². The van der Waals surface area contributed by atoms with E-state index >= 15 is 0 Å². The lowest BCUT2D eigenvalue weighted by atomic mass is 9.99. The first-order valence-corrected chi connectivity index (χ1v) is 8.49. The highest BCUT2D eigenvalue weighted by Crippen LogP contribution is 2.30. The van der Waals surface area contributed by atoms with Gasteiger partial charge in [0, 0.05) is 18.0 Å². The summed E-state index contributed by atoms with van der Waals surface area (Å²) in [4.78, 5) is 18.6. The third-order valence-electron chi connectivity index (χ3n) is 3.67. The number of nitrogens with zero attached hydrogens (tertiary/aromatic N) is 2. The number of anilines is 1. The zero-order valence-electron chi connectivity index (χ0n) is 12.4. The van der Waals surface area contributed by atoms with Gasteiger partial charge in [-0.15, -0.1) is 11.3 Å². The summed E-state index contributed by atoms with van der Waals surface area (Å²) in [5.74, 6) is -0.187. The van der Waals surface area contributed by atoms with E-state index in [9.17, 15) is 4.79 Å². The van der Waals surface area contributed by atoms with E-state index in [1.807, 2.05) is 12.3 Å². The van der Waals surface area contributed by atoms with Gasteiger partial charge in [0.05, 0.1) is 18.7 Å². The molecular weight excluding hydrogens is 272 g/mol. The molecule has 112 valence electrons. The Bertz CT molecular complexity index is 431. The molecule has 2 rings (SSSR count). The fourth-order valence-electron chi connectivity index (χ4n) is 2.76. The van der Waals surface area contributed by atoms with E-state index in [4.69, 9.17) is 4.74 Å². The largest absolute Gasteiger partial charge is 0.466 e. The van der Waals surface area contributed by atoms with Crippen LogP contribution in [0.2, 0.25) is 0 Å². The third-order valence-corrected chi connectivity index (χ3v) is 4.59.